The highest BCUT2D eigenvalue weighted by Gasteiger charge is 2.10. The Hall–Kier alpha value is -2.25. The fourth-order valence-corrected chi connectivity index (χ4v) is 3.40. The molecule has 0 saturated carbocycles. The molecule has 128 valence electrons. The predicted octanol–water partition coefficient (Wildman–Crippen LogP) is 2.69. The fraction of sp³-hybridized carbons (Fsp3) is 0.294. The van der Waals surface area contributed by atoms with Crippen LogP contribution in [0.15, 0.2) is 54.6 Å². The molecule has 2 aromatic rings. The van der Waals surface area contributed by atoms with Crippen molar-refractivity contribution in [1.82, 2.24) is 4.72 Å². The molecule has 0 atom stereocenters. The van der Waals surface area contributed by atoms with Gasteiger partial charge in [-0.1, -0.05) is 42.5 Å². The SMILES string of the molecule is O=[N+]([O-])c1ccc(CCNS(=O)(=O)CCCc2ccccc2)cc1. The Kier molecular flexibility index (Phi) is 6.45. The Morgan fingerprint density at radius 1 is 0.917 bits per heavy atom. The van der Waals surface area contributed by atoms with Crippen LogP contribution < -0.4 is 4.72 Å². The number of nitro groups is 1. The Morgan fingerprint density at radius 2 is 1.54 bits per heavy atom. The summed E-state index contributed by atoms with van der Waals surface area (Å²) in [6.45, 7) is 0.283. The van der Waals surface area contributed by atoms with Gasteiger partial charge in [0.05, 0.1) is 10.7 Å². The predicted molar refractivity (Wildman–Crippen MR) is 93.4 cm³/mol. The van der Waals surface area contributed by atoms with E-state index in [9.17, 15) is 18.5 Å². The minimum atomic E-state index is -3.30. The van der Waals surface area contributed by atoms with E-state index in [4.69, 9.17) is 0 Å². The van der Waals surface area contributed by atoms with E-state index in [0.29, 0.717) is 12.8 Å². The number of nitrogens with zero attached hydrogens (tertiary/aromatic N) is 1. The third-order valence-corrected chi connectivity index (χ3v) is 5.07. The van der Waals surface area contributed by atoms with E-state index in [-0.39, 0.29) is 18.0 Å². The third-order valence-electron chi connectivity index (χ3n) is 3.60. The molecule has 0 saturated heterocycles. The second-order valence-corrected chi connectivity index (χ2v) is 7.40. The molecule has 0 heterocycles. The molecular formula is C17H20N2O4S. The highest BCUT2D eigenvalue weighted by molar-refractivity contribution is 7.89. The first-order valence-corrected chi connectivity index (χ1v) is 9.36. The van der Waals surface area contributed by atoms with Gasteiger partial charge in [-0.15, -0.1) is 0 Å². The Morgan fingerprint density at radius 3 is 2.17 bits per heavy atom. The van der Waals surface area contributed by atoms with E-state index >= 15 is 0 Å². The van der Waals surface area contributed by atoms with Crippen LogP contribution in [0, 0.1) is 10.1 Å². The fourth-order valence-electron chi connectivity index (χ4n) is 2.32. The van der Waals surface area contributed by atoms with Crippen molar-refractivity contribution in [3.63, 3.8) is 0 Å². The summed E-state index contributed by atoms with van der Waals surface area (Å²) in [5.41, 5.74) is 2.01. The Balaban J connectivity index is 1.73. The minimum absolute atomic E-state index is 0.0280. The lowest BCUT2D eigenvalue weighted by atomic mass is 10.1. The zero-order valence-corrected chi connectivity index (χ0v) is 14.0. The van der Waals surface area contributed by atoms with Gasteiger partial charge in [0, 0.05) is 18.7 Å². The minimum Gasteiger partial charge on any atom is -0.258 e. The van der Waals surface area contributed by atoms with Crippen LogP contribution in [-0.4, -0.2) is 25.6 Å². The average Bonchev–Trinajstić information content (AvgIpc) is 2.56. The van der Waals surface area contributed by atoms with Crippen molar-refractivity contribution in [1.29, 1.82) is 0 Å². The number of nitro benzene ring substituents is 1. The summed E-state index contributed by atoms with van der Waals surface area (Å²) in [5.74, 6) is 0.0855. The van der Waals surface area contributed by atoms with Crippen LogP contribution in [-0.2, 0) is 22.9 Å². The second kappa shape index (κ2) is 8.56. The van der Waals surface area contributed by atoms with Crippen molar-refractivity contribution in [3.05, 3.63) is 75.8 Å². The molecule has 0 amide bonds. The van der Waals surface area contributed by atoms with E-state index in [2.05, 4.69) is 4.72 Å². The highest BCUT2D eigenvalue weighted by atomic mass is 32.2. The molecule has 7 heteroatoms. The Bertz CT molecular complexity index is 759. The maximum absolute atomic E-state index is 12.0. The molecule has 0 radical (unpaired) electrons. The highest BCUT2D eigenvalue weighted by Crippen LogP contribution is 2.12. The molecule has 0 spiro atoms. The van der Waals surface area contributed by atoms with Gasteiger partial charge >= 0.3 is 0 Å². The van der Waals surface area contributed by atoms with Gasteiger partial charge in [-0.25, -0.2) is 13.1 Å². The van der Waals surface area contributed by atoms with Crippen molar-refractivity contribution in [3.8, 4) is 0 Å². The van der Waals surface area contributed by atoms with Crippen LogP contribution in [0.4, 0.5) is 5.69 Å². The maximum atomic E-state index is 12.0. The number of hydrogen-bond donors (Lipinski definition) is 1. The standard InChI is InChI=1S/C17H20N2O4S/c20-19(21)17-10-8-16(9-11-17)12-13-18-24(22,23)14-4-7-15-5-2-1-3-6-15/h1-3,5-6,8-11,18H,4,7,12-14H2. The number of aryl methyl sites for hydroxylation is 1. The molecule has 1 N–H and O–H groups in total. The zero-order valence-electron chi connectivity index (χ0n) is 13.2. The van der Waals surface area contributed by atoms with Gasteiger partial charge in [-0.05, 0) is 30.4 Å². The van der Waals surface area contributed by atoms with E-state index in [1.807, 2.05) is 30.3 Å². The lowest BCUT2D eigenvalue weighted by Gasteiger charge is -2.07. The molecule has 24 heavy (non-hydrogen) atoms. The van der Waals surface area contributed by atoms with Gasteiger partial charge in [0.15, 0.2) is 0 Å². The number of rotatable bonds is 9. The monoisotopic (exact) mass is 348 g/mol. The molecule has 6 nitrogen and oxygen atoms in total. The Labute approximate surface area is 141 Å². The molecule has 0 bridgehead atoms. The molecule has 0 fully saturated rings. The lowest BCUT2D eigenvalue weighted by Crippen LogP contribution is -2.28. The average molecular weight is 348 g/mol. The summed E-state index contributed by atoms with van der Waals surface area (Å²) in [4.78, 5) is 10.1. The van der Waals surface area contributed by atoms with E-state index in [1.165, 1.54) is 12.1 Å². The summed E-state index contributed by atoms with van der Waals surface area (Å²) in [6.07, 6.45) is 1.79. The van der Waals surface area contributed by atoms with Crippen LogP contribution in [0.5, 0.6) is 0 Å². The van der Waals surface area contributed by atoms with Gasteiger partial charge in [0.1, 0.15) is 0 Å². The molecule has 0 unspecified atom stereocenters. The summed E-state index contributed by atoms with van der Waals surface area (Å²) >= 11 is 0. The van der Waals surface area contributed by atoms with Crippen molar-refractivity contribution in [2.45, 2.75) is 19.3 Å². The largest absolute Gasteiger partial charge is 0.269 e. The molecule has 0 aliphatic heterocycles. The number of sulfonamides is 1. The first-order valence-electron chi connectivity index (χ1n) is 7.71. The van der Waals surface area contributed by atoms with Crippen LogP contribution in [0.2, 0.25) is 0 Å². The van der Waals surface area contributed by atoms with Crippen molar-refractivity contribution >= 4 is 15.7 Å². The molecule has 0 aromatic heterocycles. The summed E-state index contributed by atoms with van der Waals surface area (Å²) in [7, 11) is -3.30. The molecule has 0 aliphatic carbocycles. The lowest BCUT2D eigenvalue weighted by molar-refractivity contribution is -0.384. The van der Waals surface area contributed by atoms with Crippen LogP contribution in [0.25, 0.3) is 0 Å². The van der Waals surface area contributed by atoms with Crippen LogP contribution in [0.3, 0.4) is 0 Å². The van der Waals surface area contributed by atoms with Gasteiger partial charge in [0.25, 0.3) is 5.69 Å². The molecular weight excluding hydrogens is 328 g/mol. The molecule has 2 rings (SSSR count). The van der Waals surface area contributed by atoms with Gasteiger partial charge in [-0.3, -0.25) is 10.1 Å². The molecule has 2 aromatic carbocycles. The van der Waals surface area contributed by atoms with Crippen molar-refractivity contribution < 1.29 is 13.3 Å². The first kappa shape index (κ1) is 18.1. The smallest absolute Gasteiger partial charge is 0.258 e. The quantitative estimate of drug-likeness (QED) is 0.557. The zero-order chi connectivity index (χ0) is 17.4. The number of nitrogens with one attached hydrogen (secondary N) is 1. The molecule has 0 aliphatic rings. The van der Waals surface area contributed by atoms with E-state index in [0.717, 1.165) is 17.5 Å². The third kappa shape index (κ3) is 6.10. The van der Waals surface area contributed by atoms with Crippen molar-refractivity contribution in [2.75, 3.05) is 12.3 Å². The summed E-state index contributed by atoms with van der Waals surface area (Å²) in [6, 6.07) is 15.9. The number of hydrogen-bond acceptors (Lipinski definition) is 4. The van der Waals surface area contributed by atoms with Gasteiger partial charge < -0.3 is 0 Å². The van der Waals surface area contributed by atoms with Crippen molar-refractivity contribution in [2.24, 2.45) is 0 Å². The number of benzene rings is 2. The van der Waals surface area contributed by atoms with E-state index in [1.54, 1.807) is 12.1 Å². The van der Waals surface area contributed by atoms with Crippen LogP contribution in [0.1, 0.15) is 17.5 Å². The normalized spacial score (nSPS) is 11.3. The maximum Gasteiger partial charge on any atom is 0.269 e. The summed E-state index contributed by atoms with van der Waals surface area (Å²) < 4.78 is 26.5. The first-order chi connectivity index (χ1) is 11.5. The van der Waals surface area contributed by atoms with E-state index < -0.39 is 14.9 Å². The van der Waals surface area contributed by atoms with Gasteiger partial charge in [-0.2, -0.15) is 0 Å². The number of non-ortho nitro benzene ring substituents is 1. The van der Waals surface area contributed by atoms with Gasteiger partial charge in [0.2, 0.25) is 10.0 Å². The topological polar surface area (TPSA) is 89.3 Å². The summed E-state index contributed by atoms with van der Waals surface area (Å²) in [5, 5.41) is 10.6. The van der Waals surface area contributed by atoms with Crippen LogP contribution >= 0.6 is 0 Å². The second-order valence-electron chi connectivity index (χ2n) is 5.48.